The Morgan fingerprint density at radius 1 is 1.38 bits per heavy atom. The number of carboxylic acid groups (broad SMARTS) is 1. The van der Waals surface area contributed by atoms with Gasteiger partial charge in [0.25, 0.3) is 0 Å². The molecule has 16 heavy (non-hydrogen) atoms. The molecule has 6 nitrogen and oxygen atoms in total. The maximum atomic E-state index is 11.3. The molecule has 2 N–H and O–H groups in total. The van der Waals surface area contributed by atoms with Gasteiger partial charge in [-0.05, 0) is 12.8 Å². The lowest BCUT2D eigenvalue weighted by atomic mass is 10.2. The van der Waals surface area contributed by atoms with Crippen LogP contribution in [0, 0.1) is 0 Å². The first-order valence-corrected chi connectivity index (χ1v) is 5.77. The van der Waals surface area contributed by atoms with Gasteiger partial charge in [-0.15, -0.1) is 10.2 Å². The molecule has 0 aromatic carbocycles. The zero-order valence-corrected chi connectivity index (χ0v) is 9.71. The molecule has 0 saturated heterocycles. The van der Waals surface area contributed by atoms with Crippen LogP contribution < -0.4 is 5.32 Å². The number of rotatable bonds is 6. The maximum absolute atomic E-state index is 11.3. The fourth-order valence-electron chi connectivity index (χ4n) is 1.03. The maximum Gasteiger partial charge on any atom is 0.303 e. The highest BCUT2D eigenvalue weighted by molar-refractivity contribution is 7.15. The Morgan fingerprint density at radius 2 is 2.12 bits per heavy atom. The number of aliphatic carboxylic acids is 1. The lowest BCUT2D eigenvalue weighted by Gasteiger charge is -1.98. The van der Waals surface area contributed by atoms with Gasteiger partial charge in [0.2, 0.25) is 11.0 Å². The minimum atomic E-state index is -0.892. The Kier molecular flexibility index (Phi) is 4.84. The molecule has 88 valence electrons. The number of hydrogen-bond acceptors (Lipinski definition) is 5. The molecule has 0 saturated carbocycles. The molecule has 0 aliphatic heterocycles. The summed E-state index contributed by atoms with van der Waals surface area (Å²) in [4.78, 5) is 21.6. The number of carboxylic acids is 1. The summed E-state index contributed by atoms with van der Waals surface area (Å²) in [6.45, 7) is 1.96. The lowest BCUT2D eigenvalue weighted by molar-refractivity contribution is -0.137. The molecule has 0 fully saturated rings. The molecule has 1 rings (SSSR count). The van der Waals surface area contributed by atoms with Crippen LogP contribution in [0.3, 0.4) is 0 Å². The molecular formula is C9H13N3O3S. The van der Waals surface area contributed by atoms with Crippen LogP contribution in [0.5, 0.6) is 0 Å². The predicted octanol–water partition coefficient (Wildman–Crippen LogP) is 1.29. The molecule has 7 heteroatoms. The zero-order chi connectivity index (χ0) is 12.0. The van der Waals surface area contributed by atoms with E-state index >= 15 is 0 Å². The van der Waals surface area contributed by atoms with Gasteiger partial charge in [0.1, 0.15) is 5.01 Å². The second-order valence-electron chi connectivity index (χ2n) is 3.15. The van der Waals surface area contributed by atoms with E-state index in [-0.39, 0.29) is 18.7 Å². The summed E-state index contributed by atoms with van der Waals surface area (Å²) in [5.74, 6) is -1.11. The third-order valence-electron chi connectivity index (χ3n) is 1.81. The van der Waals surface area contributed by atoms with Gasteiger partial charge in [0.15, 0.2) is 0 Å². The van der Waals surface area contributed by atoms with Crippen molar-refractivity contribution < 1.29 is 14.7 Å². The van der Waals surface area contributed by atoms with Gasteiger partial charge in [-0.1, -0.05) is 18.3 Å². The highest BCUT2D eigenvalue weighted by Gasteiger charge is 2.07. The van der Waals surface area contributed by atoms with Gasteiger partial charge < -0.3 is 10.4 Å². The first kappa shape index (κ1) is 12.6. The minimum absolute atomic E-state index is 0.00372. The molecule has 0 radical (unpaired) electrons. The van der Waals surface area contributed by atoms with Crippen molar-refractivity contribution >= 4 is 28.3 Å². The van der Waals surface area contributed by atoms with Gasteiger partial charge >= 0.3 is 5.97 Å². The first-order chi connectivity index (χ1) is 7.61. The van der Waals surface area contributed by atoms with Gasteiger partial charge in [-0.25, -0.2) is 0 Å². The molecular weight excluding hydrogens is 230 g/mol. The molecule has 0 unspecified atom stereocenters. The highest BCUT2D eigenvalue weighted by Crippen LogP contribution is 2.15. The minimum Gasteiger partial charge on any atom is -0.481 e. The Morgan fingerprint density at radius 3 is 2.69 bits per heavy atom. The topological polar surface area (TPSA) is 92.2 Å². The van der Waals surface area contributed by atoms with E-state index in [1.807, 2.05) is 6.92 Å². The van der Waals surface area contributed by atoms with E-state index in [0.717, 1.165) is 11.4 Å². The van der Waals surface area contributed by atoms with Crippen molar-refractivity contribution in [3.8, 4) is 0 Å². The van der Waals surface area contributed by atoms with Crippen molar-refractivity contribution in [3.63, 3.8) is 0 Å². The van der Waals surface area contributed by atoms with E-state index < -0.39 is 5.97 Å². The molecule has 0 spiro atoms. The van der Waals surface area contributed by atoms with Crippen molar-refractivity contribution in [1.82, 2.24) is 10.2 Å². The monoisotopic (exact) mass is 243 g/mol. The van der Waals surface area contributed by atoms with E-state index in [2.05, 4.69) is 15.5 Å². The van der Waals surface area contributed by atoms with Crippen molar-refractivity contribution in [1.29, 1.82) is 0 Å². The molecule has 1 amide bonds. The van der Waals surface area contributed by atoms with E-state index in [4.69, 9.17) is 5.11 Å². The Labute approximate surface area is 96.7 Å². The summed E-state index contributed by atoms with van der Waals surface area (Å²) in [6.07, 6.45) is 1.31. The fraction of sp³-hybridized carbons (Fsp3) is 0.556. The number of carbonyl (C=O) groups excluding carboxylic acids is 1. The smallest absolute Gasteiger partial charge is 0.303 e. The number of carbonyl (C=O) groups is 2. The Bertz CT molecular complexity index is 378. The van der Waals surface area contributed by atoms with Crippen LogP contribution in [0.15, 0.2) is 0 Å². The number of nitrogens with one attached hydrogen (secondary N) is 1. The number of aromatic nitrogens is 2. The van der Waals surface area contributed by atoms with Crippen LogP contribution in [0.4, 0.5) is 5.13 Å². The van der Waals surface area contributed by atoms with Crippen molar-refractivity contribution in [2.24, 2.45) is 0 Å². The summed E-state index contributed by atoms with van der Waals surface area (Å²) < 4.78 is 0. The molecule has 1 aromatic heterocycles. The second-order valence-corrected chi connectivity index (χ2v) is 4.21. The average Bonchev–Trinajstić information content (AvgIpc) is 2.65. The van der Waals surface area contributed by atoms with Crippen LogP contribution >= 0.6 is 11.3 Å². The highest BCUT2D eigenvalue weighted by atomic mass is 32.1. The summed E-state index contributed by atoms with van der Waals surface area (Å²) in [7, 11) is 0. The molecule has 0 aliphatic rings. The van der Waals surface area contributed by atoms with E-state index in [0.29, 0.717) is 11.6 Å². The summed E-state index contributed by atoms with van der Waals surface area (Å²) in [5, 5.41) is 20.0. The summed E-state index contributed by atoms with van der Waals surface area (Å²) >= 11 is 1.33. The quantitative estimate of drug-likeness (QED) is 0.785. The van der Waals surface area contributed by atoms with Crippen LogP contribution in [-0.4, -0.2) is 27.2 Å². The first-order valence-electron chi connectivity index (χ1n) is 4.96. The van der Waals surface area contributed by atoms with Crippen molar-refractivity contribution in [2.75, 3.05) is 5.32 Å². The number of hydrogen-bond donors (Lipinski definition) is 2. The third-order valence-corrected chi connectivity index (χ3v) is 2.79. The molecule has 0 bridgehead atoms. The summed E-state index contributed by atoms with van der Waals surface area (Å²) in [5.41, 5.74) is 0. The molecule has 1 heterocycles. The third kappa shape index (κ3) is 4.35. The molecule has 1 aromatic rings. The van der Waals surface area contributed by atoms with Crippen LogP contribution in [0.2, 0.25) is 0 Å². The normalized spacial score (nSPS) is 10.1. The van der Waals surface area contributed by atoms with Gasteiger partial charge in [-0.3, -0.25) is 9.59 Å². The zero-order valence-electron chi connectivity index (χ0n) is 8.89. The molecule has 0 atom stereocenters. The fourth-order valence-corrected chi connectivity index (χ4v) is 1.72. The number of nitrogens with zero attached hydrogens (tertiary/aromatic N) is 2. The van der Waals surface area contributed by atoms with Gasteiger partial charge in [-0.2, -0.15) is 0 Å². The lowest BCUT2D eigenvalue weighted by Crippen LogP contribution is -2.11. The SMILES string of the molecule is CCc1nnc(NC(=O)CCCC(=O)O)s1. The van der Waals surface area contributed by atoms with E-state index in [1.165, 1.54) is 11.3 Å². The van der Waals surface area contributed by atoms with Crippen molar-refractivity contribution in [3.05, 3.63) is 5.01 Å². The number of aryl methyl sites for hydroxylation is 1. The van der Waals surface area contributed by atoms with Gasteiger partial charge in [0, 0.05) is 12.8 Å². The van der Waals surface area contributed by atoms with Crippen LogP contribution in [0.1, 0.15) is 31.2 Å². The average molecular weight is 243 g/mol. The molecule has 0 aliphatic carbocycles. The Hall–Kier alpha value is -1.50. The van der Waals surface area contributed by atoms with Crippen LogP contribution in [0.25, 0.3) is 0 Å². The van der Waals surface area contributed by atoms with Crippen LogP contribution in [-0.2, 0) is 16.0 Å². The van der Waals surface area contributed by atoms with Gasteiger partial charge in [0.05, 0.1) is 0 Å². The number of anilines is 1. The number of amides is 1. The van der Waals surface area contributed by atoms with Crippen molar-refractivity contribution in [2.45, 2.75) is 32.6 Å². The predicted molar refractivity (Wildman–Crippen MR) is 59.4 cm³/mol. The Balaban J connectivity index is 2.31. The standard InChI is InChI=1S/C9H13N3O3S/c1-2-7-11-12-9(16-7)10-6(13)4-3-5-8(14)15/h2-5H2,1H3,(H,14,15)(H,10,12,13). The van der Waals surface area contributed by atoms with E-state index in [9.17, 15) is 9.59 Å². The van der Waals surface area contributed by atoms with E-state index in [1.54, 1.807) is 0 Å². The second kappa shape index (κ2) is 6.16. The largest absolute Gasteiger partial charge is 0.481 e. The summed E-state index contributed by atoms with van der Waals surface area (Å²) in [6, 6.07) is 0.